The van der Waals surface area contributed by atoms with Gasteiger partial charge < -0.3 is 10.6 Å². The molecule has 2 aromatic rings. The molecule has 2 N–H and O–H groups in total. The molecule has 1 unspecified atom stereocenters. The highest BCUT2D eigenvalue weighted by Gasteiger charge is 2.33. The van der Waals surface area contributed by atoms with Crippen LogP contribution in [0, 0.1) is 23.1 Å². The maximum atomic E-state index is 13.1. The van der Waals surface area contributed by atoms with Crippen molar-refractivity contribution in [3.05, 3.63) is 65.5 Å². The first-order valence-corrected chi connectivity index (χ1v) is 7.49. The molecule has 5 heteroatoms. The van der Waals surface area contributed by atoms with Crippen molar-refractivity contribution >= 4 is 11.7 Å². The van der Waals surface area contributed by atoms with E-state index in [1.165, 1.54) is 12.1 Å². The Bertz CT molecular complexity index is 751. The van der Waals surface area contributed by atoms with Crippen LogP contribution >= 0.6 is 0 Å². The molecule has 3 rings (SSSR count). The number of rotatable bonds is 4. The van der Waals surface area contributed by atoms with E-state index in [4.69, 9.17) is 5.26 Å². The molecule has 0 radical (unpaired) electrons. The largest absolute Gasteiger partial charge is 0.331 e. The lowest BCUT2D eigenvalue weighted by atomic mass is 10.0. The van der Waals surface area contributed by atoms with Crippen LogP contribution in [0.3, 0.4) is 0 Å². The van der Waals surface area contributed by atoms with Gasteiger partial charge in [-0.25, -0.2) is 9.18 Å². The van der Waals surface area contributed by atoms with Crippen molar-refractivity contribution in [2.75, 3.05) is 5.32 Å². The van der Waals surface area contributed by atoms with Crippen LogP contribution in [-0.4, -0.2) is 6.03 Å². The van der Waals surface area contributed by atoms with Gasteiger partial charge in [-0.3, -0.25) is 0 Å². The molecular weight excluding hydrogens is 293 g/mol. The maximum Gasteiger partial charge on any atom is 0.319 e. The summed E-state index contributed by atoms with van der Waals surface area (Å²) in [6.45, 7) is 0. The summed E-state index contributed by atoms with van der Waals surface area (Å²) in [4.78, 5) is 12.3. The van der Waals surface area contributed by atoms with Crippen LogP contribution < -0.4 is 10.6 Å². The van der Waals surface area contributed by atoms with E-state index in [9.17, 15) is 9.18 Å². The highest BCUT2D eigenvalue weighted by Crippen LogP contribution is 2.40. The molecule has 23 heavy (non-hydrogen) atoms. The number of benzene rings is 2. The average Bonchev–Trinajstić information content (AvgIpc) is 3.40. The van der Waals surface area contributed by atoms with Crippen molar-refractivity contribution in [1.82, 2.24) is 5.32 Å². The van der Waals surface area contributed by atoms with Crippen LogP contribution in [0.1, 0.15) is 30.0 Å². The molecule has 0 bridgehead atoms. The summed E-state index contributed by atoms with van der Waals surface area (Å²) in [6, 6.07) is 14.9. The summed E-state index contributed by atoms with van der Waals surface area (Å²) in [7, 11) is 0. The Morgan fingerprint density at radius 3 is 2.61 bits per heavy atom. The van der Waals surface area contributed by atoms with Gasteiger partial charge in [-0.05, 0) is 42.5 Å². The lowest BCUT2D eigenvalue weighted by Crippen LogP contribution is -2.33. The number of urea groups is 1. The molecule has 1 saturated carbocycles. The first-order valence-electron chi connectivity index (χ1n) is 7.49. The van der Waals surface area contributed by atoms with E-state index in [2.05, 4.69) is 10.6 Å². The van der Waals surface area contributed by atoms with Gasteiger partial charge >= 0.3 is 6.03 Å². The Labute approximate surface area is 133 Å². The number of carbonyl (C=O) groups is 1. The smallest absolute Gasteiger partial charge is 0.319 e. The third kappa shape index (κ3) is 3.67. The highest BCUT2D eigenvalue weighted by molar-refractivity contribution is 5.91. The lowest BCUT2D eigenvalue weighted by molar-refractivity contribution is 0.247. The van der Waals surface area contributed by atoms with E-state index in [1.807, 2.05) is 36.4 Å². The van der Waals surface area contributed by atoms with Crippen LogP contribution in [0.2, 0.25) is 0 Å². The van der Waals surface area contributed by atoms with Crippen LogP contribution in [0.4, 0.5) is 14.9 Å². The van der Waals surface area contributed by atoms with Crippen LogP contribution in [0.25, 0.3) is 0 Å². The minimum Gasteiger partial charge on any atom is -0.331 e. The zero-order chi connectivity index (χ0) is 16.2. The van der Waals surface area contributed by atoms with Crippen LogP contribution in [0.15, 0.2) is 48.5 Å². The van der Waals surface area contributed by atoms with Gasteiger partial charge in [0.25, 0.3) is 0 Å². The van der Waals surface area contributed by atoms with E-state index in [1.54, 1.807) is 0 Å². The van der Waals surface area contributed by atoms with Gasteiger partial charge in [-0.2, -0.15) is 5.26 Å². The first-order chi connectivity index (χ1) is 11.2. The van der Waals surface area contributed by atoms with Gasteiger partial charge in [0.15, 0.2) is 0 Å². The summed E-state index contributed by atoms with van der Waals surface area (Å²) in [5, 5.41) is 14.6. The van der Waals surface area contributed by atoms with Gasteiger partial charge in [0, 0.05) is 0 Å². The van der Waals surface area contributed by atoms with Crippen molar-refractivity contribution < 1.29 is 9.18 Å². The van der Waals surface area contributed by atoms with Crippen molar-refractivity contribution in [2.45, 2.75) is 18.9 Å². The molecule has 0 heterocycles. The Morgan fingerprint density at radius 1 is 1.22 bits per heavy atom. The van der Waals surface area contributed by atoms with Gasteiger partial charge in [0.1, 0.15) is 11.9 Å². The van der Waals surface area contributed by atoms with Crippen molar-refractivity contribution in [1.29, 1.82) is 5.26 Å². The monoisotopic (exact) mass is 309 g/mol. The molecule has 2 amide bonds. The molecule has 116 valence electrons. The molecule has 2 aromatic carbocycles. The third-order valence-electron chi connectivity index (χ3n) is 3.89. The minimum atomic E-state index is -0.507. The quantitative estimate of drug-likeness (QED) is 0.897. The Balaban J connectivity index is 1.72. The predicted octanol–water partition coefficient (Wildman–Crippen LogP) is 3.97. The second-order valence-electron chi connectivity index (χ2n) is 5.63. The van der Waals surface area contributed by atoms with E-state index >= 15 is 0 Å². The molecule has 4 nitrogen and oxygen atoms in total. The molecule has 1 atom stereocenters. The fourth-order valence-electron chi connectivity index (χ4n) is 2.58. The van der Waals surface area contributed by atoms with Gasteiger partial charge in [-0.15, -0.1) is 0 Å². The molecule has 0 saturated heterocycles. The van der Waals surface area contributed by atoms with Crippen molar-refractivity contribution in [3.8, 4) is 6.07 Å². The zero-order valence-electron chi connectivity index (χ0n) is 12.4. The lowest BCUT2D eigenvalue weighted by Gasteiger charge is -2.19. The molecule has 1 aliphatic carbocycles. The topological polar surface area (TPSA) is 64.9 Å². The average molecular weight is 309 g/mol. The standard InChI is InChI=1S/C18H16FN3O/c19-15-8-9-16(14(10-15)11-20)21-18(23)22-17(13-6-7-13)12-4-2-1-3-5-12/h1-5,8-10,13,17H,6-7H2,(H2,21,22,23). The number of nitriles is 1. The summed E-state index contributed by atoms with van der Waals surface area (Å²) in [5.41, 5.74) is 1.46. The van der Waals surface area contributed by atoms with Crippen molar-refractivity contribution in [3.63, 3.8) is 0 Å². The Kier molecular flexibility index (Phi) is 4.24. The fourth-order valence-corrected chi connectivity index (χ4v) is 2.58. The Hall–Kier alpha value is -2.87. The van der Waals surface area contributed by atoms with E-state index in [-0.39, 0.29) is 11.6 Å². The number of nitrogens with one attached hydrogen (secondary N) is 2. The molecule has 1 aliphatic rings. The number of anilines is 1. The summed E-state index contributed by atoms with van der Waals surface area (Å²) in [5.74, 6) is -0.0699. The van der Waals surface area contributed by atoms with Crippen molar-refractivity contribution in [2.24, 2.45) is 5.92 Å². The number of halogens is 1. The number of hydrogen-bond donors (Lipinski definition) is 2. The van der Waals surface area contributed by atoms with E-state index in [0.29, 0.717) is 11.6 Å². The third-order valence-corrected chi connectivity index (χ3v) is 3.89. The summed E-state index contributed by atoms with van der Waals surface area (Å²) in [6.07, 6.45) is 2.17. The van der Waals surface area contributed by atoms with Gasteiger partial charge in [0.2, 0.25) is 0 Å². The SMILES string of the molecule is N#Cc1cc(F)ccc1NC(=O)NC(c1ccccc1)C1CC1. The van der Waals surface area contributed by atoms with Gasteiger partial charge in [0.05, 0.1) is 17.3 Å². The number of amides is 2. The summed E-state index contributed by atoms with van der Waals surface area (Å²) >= 11 is 0. The fraction of sp³-hybridized carbons (Fsp3) is 0.222. The first kappa shape index (κ1) is 15.0. The molecule has 0 spiro atoms. The van der Waals surface area contributed by atoms with Crippen LogP contribution in [-0.2, 0) is 0 Å². The van der Waals surface area contributed by atoms with E-state index in [0.717, 1.165) is 24.5 Å². The summed E-state index contributed by atoms with van der Waals surface area (Å²) < 4.78 is 13.1. The molecule has 0 aliphatic heterocycles. The number of carbonyl (C=O) groups excluding carboxylic acids is 1. The molecule has 1 fully saturated rings. The van der Waals surface area contributed by atoms with E-state index < -0.39 is 11.8 Å². The van der Waals surface area contributed by atoms with Crippen LogP contribution in [0.5, 0.6) is 0 Å². The predicted molar refractivity (Wildman–Crippen MR) is 85.2 cm³/mol. The second-order valence-corrected chi connectivity index (χ2v) is 5.63. The molecular formula is C18H16FN3O. The Morgan fingerprint density at radius 2 is 1.96 bits per heavy atom. The number of hydrogen-bond acceptors (Lipinski definition) is 2. The highest BCUT2D eigenvalue weighted by atomic mass is 19.1. The minimum absolute atomic E-state index is 0.0535. The van der Waals surface area contributed by atoms with Gasteiger partial charge in [-0.1, -0.05) is 30.3 Å². The molecule has 0 aromatic heterocycles. The zero-order valence-corrected chi connectivity index (χ0v) is 12.4. The number of nitrogens with zero attached hydrogens (tertiary/aromatic N) is 1. The normalized spacial score (nSPS) is 14.6. The maximum absolute atomic E-state index is 13.1. The second kappa shape index (κ2) is 6.49.